The maximum atomic E-state index is 11.9. The van der Waals surface area contributed by atoms with Gasteiger partial charge in [0.15, 0.2) is 0 Å². The van der Waals surface area contributed by atoms with Crippen LogP contribution < -0.4 is 10.1 Å². The number of carboxylic acids is 1. The van der Waals surface area contributed by atoms with Gasteiger partial charge in [0.25, 0.3) is 0 Å². The van der Waals surface area contributed by atoms with Gasteiger partial charge in [0, 0.05) is 6.07 Å². The van der Waals surface area contributed by atoms with Crippen LogP contribution in [0.5, 0.6) is 5.75 Å². The fourth-order valence-electron chi connectivity index (χ4n) is 3.33. The van der Waals surface area contributed by atoms with Crippen molar-refractivity contribution in [3.63, 3.8) is 0 Å². The highest BCUT2D eigenvalue weighted by Gasteiger charge is 2.23. The largest absolute Gasteiger partial charge is 0.497 e. The second-order valence-corrected chi connectivity index (χ2v) is 6.73. The monoisotopic (exact) mass is 404 g/mol. The van der Waals surface area contributed by atoms with Crippen LogP contribution in [0, 0.1) is 13.8 Å². The number of nitrogens with zero attached hydrogens (tertiary/aromatic N) is 3. The van der Waals surface area contributed by atoms with E-state index in [-0.39, 0.29) is 5.56 Å². The number of para-hydroxylation sites is 1. The van der Waals surface area contributed by atoms with Crippen molar-refractivity contribution in [3.8, 4) is 22.7 Å². The first-order valence-corrected chi connectivity index (χ1v) is 9.24. The molecule has 2 aromatic heterocycles. The summed E-state index contributed by atoms with van der Waals surface area (Å²) in [7, 11) is 1.49. The maximum absolute atomic E-state index is 11.9. The third-order valence-corrected chi connectivity index (χ3v) is 4.81. The molecule has 0 amide bonds. The van der Waals surface area contributed by atoms with E-state index in [4.69, 9.17) is 14.4 Å². The molecule has 152 valence electrons. The minimum Gasteiger partial charge on any atom is -0.497 e. The molecule has 0 spiro atoms. The van der Waals surface area contributed by atoms with Crippen molar-refractivity contribution in [1.82, 2.24) is 14.9 Å². The molecule has 0 unspecified atom stereocenters. The number of methoxy groups -OCH3 is 1. The van der Waals surface area contributed by atoms with E-state index in [0.717, 1.165) is 22.5 Å². The van der Waals surface area contributed by atoms with Gasteiger partial charge in [-0.3, -0.25) is 0 Å². The highest BCUT2D eigenvalue weighted by atomic mass is 16.5. The Morgan fingerprint density at radius 1 is 1.17 bits per heavy atom. The molecule has 2 heterocycles. The van der Waals surface area contributed by atoms with Gasteiger partial charge in [0.1, 0.15) is 23.5 Å². The molecule has 4 aromatic rings. The molecule has 30 heavy (non-hydrogen) atoms. The molecule has 8 nitrogen and oxygen atoms in total. The van der Waals surface area contributed by atoms with Gasteiger partial charge in [0.2, 0.25) is 0 Å². The van der Waals surface area contributed by atoms with Crippen LogP contribution >= 0.6 is 0 Å². The first kappa shape index (κ1) is 19.3. The molecular weight excluding hydrogens is 384 g/mol. The number of anilines is 2. The Kier molecular flexibility index (Phi) is 4.97. The number of benzene rings is 2. The minimum atomic E-state index is -1.07. The van der Waals surface area contributed by atoms with E-state index in [1.165, 1.54) is 19.4 Å². The SMILES string of the molecule is COc1ccc(Nc2c(-c3ccon3)c(C)nn2-c2ccccc2C)c(C(=O)O)c1. The molecule has 0 radical (unpaired) electrons. The van der Waals surface area contributed by atoms with Gasteiger partial charge >= 0.3 is 5.97 Å². The Balaban J connectivity index is 1.93. The first-order valence-electron chi connectivity index (χ1n) is 9.24. The van der Waals surface area contributed by atoms with Gasteiger partial charge < -0.3 is 19.7 Å². The van der Waals surface area contributed by atoms with E-state index in [1.54, 1.807) is 22.9 Å². The molecule has 0 aliphatic rings. The second-order valence-electron chi connectivity index (χ2n) is 6.73. The van der Waals surface area contributed by atoms with E-state index in [1.807, 2.05) is 38.1 Å². The summed E-state index contributed by atoms with van der Waals surface area (Å²) >= 11 is 0. The van der Waals surface area contributed by atoms with Crippen molar-refractivity contribution in [2.24, 2.45) is 0 Å². The normalized spacial score (nSPS) is 10.8. The van der Waals surface area contributed by atoms with Crippen LogP contribution in [0.15, 0.2) is 59.3 Å². The Labute approximate surface area is 172 Å². The standard InChI is InChI=1S/C22H20N4O4/c1-13-6-4-5-7-19(13)26-21(20(14(2)24-26)18-10-11-30-25-18)23-17-9-8-15(29-3)12-16(17)22(27)28/h4-12,23H,1-3H3,(H,27,28). The average Bonchev–Trinajstić information content (AvgIpc) is 3.36. The number of aromatic carboxylic acids is 1. The minimum absolute atomic E-state index is 0.0793. The Morgan fingerprint density at radius 3 is 2.63 bits per heavy atom. The van der Waals surface area contributed by atoms with Crippen LogP contribution in [0.2, 0.25) is 0 Å². The Morgan fingerprint density at radius 2 is 1.97 bits per heavy atom. The van der Waals surface area contributed by atoms with E-state index in [9.17, 15) is 9.90 Å². The Bertz CT molecular complexity index is 1210. The average molecular weight is 404 g/mol. The van der Waals surface area contributed by atoms with Crippen molar-refractivity contribution in [2.75, 3.05) is 12.4 Å². The molecule has 0 aliphatic carbocycles. The van der Waals surface area contributed by atoms with Crippen LogP contribution in [0.25, 0.3) is 16.9 Å². The molecule has 2 aromatic carbocycles. The molecule has 4 rings (SSSR count). The first-order chi connectivity index (χ1) is 14.5. The number of ether oxygens (including phenoxy) is 1. The molecule has 0 aliphatic heterocycles. The van der Waals surface area contributed by atoms with Crippen molar-refractivity contribution < 1.29 is 19.2 Å². The van der Waals surface area contributed by atoms with Crippen LogP contribution in [0.3, 0.4) is 0 Å². The van der Waals surface area contributed by atoms with Gasteiger partial charge in [0.05, 0.1) is 35.3 Å². The molecule has 0 fully saturated rings. The van der Waals surface area contributed by atoms with Crippen LogP contribution in [0.4, 0.5) is 11.5 Å². The highest BCUT2D eigenvalue weighted by Crippen LogP contribution is 2.36. The summed E-state index contributed by atoms with van der Waals surface area (Å²) in [5.74, 6) is -0.0281. The molecule has 0 bridgehead atoms. The maximum Gasteiger partial charge on any atom is 0.337 e. The summed E-state index contributed by atoms with van der Waals surface area (Å²) in [6.45, 7) is 3.86. The van der Waals surface area contributed by atoms with Gasteiger partial charge in [-0.2, -0.15) is 5.10 Å². The lowest BCUT2D eigenvalue weighted by Gasteiger charge is -2.15. The number of nitrogens with one attached hydrogen (secondary N) is 1. The number of rotatable bonds is 6. The lowest BCUT2D eigenvalue weighted by molar-refractivity contribution is 0.0697. The number of carbonyl (C=O) groups is 1. The van der Waals surface area contributed by atoms with E-state index in [2.05, 4.69) is 10.5 Å². The molecule has 0 saturated heterocycles. The van der Waals surface area contributed by atoms with Crippen molar-refractivity contribution in [1.29, 1.82) is 0 Å². The number of aromatic nitrogens is 3. The number of hydrogen-bond acceptors (Lipinski definition) is 6. The summed E-state index contributed by atoms with van der Waals surface area (Å²) in [6, 6.07) is 14.4. The lowest BCUT2D eigenvalue weighted by Crippen LogP contribution is -2.08. The predicted octanol–water partition coefficient (Wildman–Crippen LogP) is 4.59. The van der Waals surface area contributed by atoms with E-state index >= 15 is 0 Å². The molecule has 8 heteroatoms. The zero-order valence-corrected chi connectivity index (χ0v) is 16.7. The summed E-state index contributed by atoms with van der Waals surface area (Å²) < 4.78 is 12.0. The quantitative estimate of drug-likeness (QED) is 0.484. The summed E-state index contributed by atoms with van der Waals surface area (Å²) in [4.78, 5) is 11.9. The van der Waals surface area contributed by atoms with Crippen LogP contribution in [-0.2, 0) is 0 Å². The third-order valence-electron chi connectivity index (χ3n) is 4.81. The smallest absolute Gasteiger partial charge is 0.337 e. The second kappa shape index (κ2) is 7.75. The van der Waals surface area contributed by atoms with Crippen molar-refractivity contribution >= 4 is 17.5 Å². The fourth-order valence-corrected chi connectivity index (χ4v) is 3.33. The fraction of sp³-hybridized carbons (Fsp3) is 0.136. The summed E-state index contributed by atoms with van der Waals surface area (Å²) in [5.41, 5.74) is 4.41. The predicted molar refractivity (Wildman–Crippen MR) is 112 cm³/mol. The summed E-state index contributed by atoms with van der Waals surface area (Å²) in [6.07, 6.45) is 1.49. The van der Waals surface area contributed by atoms with Gasteiger partial charge in [-0.25, -0.2) is 9.48 Å². The van der Waals surface area contributed by atoms with Crippen LogP contribution in [0.1, 0.15) is 21.6 Å². The third kappa shape index (κ3) is 3.39. The molecular formula is C22H20N4O4. The van der Waals surface area contributed by atoms with Crippen molar-refractivity contribution in [3.05, 3.63) is 71.6 Å². The van der Waals surface area contributed by atoms with E-state index in [0.29, 0.717) is 22.9 Å². The van der Waals surface area contributed by atoms with Crippen molar-refractivity contribution in [2.45, 2.75) is 13.8 Å². The Hall–Kier alpha value is -4.07. The number of aryl methyl sites for hydroxylation is 2. The van der Waals surface area contributed by atoms with Crippen LogP contribution in [-0.4, -0.2) is 33.1 Å². The zero-order chi connectivity index (χ0) is 21.3. The molecule has 0 saturated carbocycles. The topological polar surface area (TPSA) is 102 Å². The number of hydrogen-bond donors (Lipinski definition) is 2. The van der Waals surface area contributed by atoms with Gasteiger partial charge in [-0.15, -0.1) is 0 Å². The molecule has 0 atom stereocenters. The van der Waals surface area contributed by atoms with E-state index < -0.39 is 5.97 Å². The summed E-state index contributed by atoms with van der Waals surface area (Å²) in [5, 5.41) is 21.7. The zero-order valence-electron chi connectivity index (χ0n) is 16.7. The molecule has 2 N–H and O–H groups in total. The number of carboxylic acid groups (broad SMARTS) is 1. The lowest BCUT2D eigenvalue weighted by atomic mass is 10.1. The van der Waals surface area contributed by atoms with Gasteiger partial charge in [-0.1, -0.05) is 23.4 Å². The van der Waals surface area contributed by atoms with Gasteiger partial charge in [-0.05, 0) is 43.7 Å². The highest BCUT2D eigenvalue weighted by molar-refractivity contribution is 5.96.